The molecule has 0 saturated carbocycles. The van der Waals surface area contributed by atoms with Gasteiger partial charge in [0.1, 0.15) is 0 Å². The zero-order chi connectivity index (χ0) is 13.0. The van der Waals surface area contributed by atoms with E-state index in [0.29, 0.717) is 12.1 Å². The highest BCUT2D eigenvalue weighted by molar-refractivity contribution is 7.07. The van der Waals surface area contributed by atoms with Crippen molar-refractivity contribution in [3.63, 3.8) is 0 Å². The molecule has 3 nitrogen and oxygen atoms in total. The van der Waals surface area contributed by atoms with Crippen LogP contribution in [0.1, 0.15) is 21.5 Å². The maximum absolute atomic E-state index is 12.1. The molecule has 1 aromatic heterocycles. The highest BCUT2D eigenvalue weighted by Gasteiger charge is 2.10. The third-order valence-corrected chi connectivity index (χ3v) is 3.45. The molecule has 0 spiro atoms. The molecule has 0 unspecified atom stereocenters. The Morgan fingerprint density at radius 1 is 1.33 bits per heavy atom. The number of thiophene rings is 1. The van der Waals surface area contributed by atoms with E-state index in [1.165, 1.54) is 0 Å². The molecule has 1 aromatic carbocycles. The van der Waals surface area contributed by atoms with E-state index >= 15 is 0 Å². The smallest absolute Gasteiger partial charge is 0.253 e. The van der Waals surface area contributed by atoms with Crippen molar-refractivity contribution in [1.82, 2.24) is 5.32 Å². The second kappa shape index (κ2) is 5.69. The Labute approximate surface area is 111 Å². The molecule has 4 heteroatoms. The van der Waals surface area contributed by atoms with E-state index in [0.717, 1.165) is 16.8 Å². The number of nitrogens with one attached hydrogen (secondary N) is 2. The summed E-state index contributed by atoms with van der Waals surface area (Å²) < 4.78 is 0. The van der Waals surface area contributed by atoms with E-state index < -0.39 is 0 Å². The molecule has 2 rings (SSSR count). The van der Waals surface area contributed by atoms with Gasteiger partial charge in [-0.05, 0) is 41.4 Å². The van der Waals surface area contributed by atoms with Gasteiger partial charge >= 0.3 is 0 Å². The fraction of sp³-hybridized carbons (Fsp3) is 0.214. The first-order valence-corrected chi connectivity index (χ1v) is 6.72. The zero-order valence-corrected chi connectivity index (χ0v) is 11.3. The first-order chi connectivity index (χ1) is 8.70. The average Bonchev–Trinajstić information content (AvgIpc) is 2.89. The number of hydrogen-bond acceptors (Lipinski definition) is 3. The second-order valence-electron chi connectivity index (χ2n) is 4.11. The van der Waals surface area contributed by atoms with Crippen molar-refractivity contribution in [1.29, 1.82) is 0 Å². The quantitative estimate of drug-likeness (QED) is 0.887. The Hall–Kier alpha value is -1.81. The van der Waals surface area contributed by atoms with Gasteiger partial charge in [0, 0.05) is 19.3 Å². The third-order valence-electron chi connectivity index (χ3n) is 2.72. The molecule has 0 radical (unpaired) electrons. The van der Waals surface area contributed by atoms with Gasteiger partial charge in [-0.1, -0.05) is 11.6 Å². The fourth-order valence-corrected chi connectivity index (χ4v) is 2.40. The standard InChI is InChI=1S/C14H16N2OS/c1-10-3-4-13(15-2)12(7-10)14(17)16-8-11-5-6-18-9-11/h3-7,9,15H,8H2,1-2H3,(H,16,17). The lowest BCUT2D eigenvalue weighted by Crippen LogP contribution is -2.23. The van der Waals surface area contributed by atoms with Crippen molar-refractivity contribution in [2.75, 3.05) is 12.4 Å². The lowest BCUT2D eigenvalue weighted by molar-refractivity contribution is 0.0951. The van der Waals surface area contributed by atoms with Crippen LogP contribution in [0.4, 0.5) is 5.69 Å². The number of rotatable bonds is 4. The van der Waals surface area contributed by atoms with Gasteiger partial charge in [-0.25, -0.2) is 0 Å². The Morgan fingerprint density at radius 3 is 2.83 bits per heavy atom. The van der Waals surface area contributed by atoms with E-state index in [9.17, 15) is 4.79 Å². The molecule has 2 aromatic rings. The van der Waals surface area contributed by atoms with Crippen LogP contribution in [-0.2, 0) is 6.54 Å². The van der Waals surface area contributed by atoms with E-state index in [2.05, 4.69) is 10.6 Å². The SMILES string of the molecule is CNc1ccc(C)cc1C(=O)NCc1ccsc1. The zero-order valence-electron chi connectivity index (χ0n) is 10.5. The molecule has 0 aliphatic heterocycles. The van der Waals surface area contributed by atoms with E-state index in [4.69, 9.17) is 0 Å². The summed E-state index contributed by atoms with van der Waals surface area (Å²) in [5.41, 5.74) is 3.75. The van der Waals surface area contributed by atoms with Crippen molar-refractivity contribution in [3.8, 4) is 0 Å². The summed E-state index contributed by atoms with van der Waals surface area (Å²) in [6.07, 6.45) is 0. The summed E-state index contributed by atoms with van der Waals surface area (Å²) in [6, 6.07) is 7.82. The molecule has 0 aliphatic carbocycles. The third kappa shape index (κ3) is 2.90. The summed E-state index contributed by atoms with van der Waals surface area (Å²) in [4.78, 5) is 12.1. The number of hydrogen-bond donors (Lipinski definition) is 2. The number of amides is 1. The van der Waals surface area contributed by atoms with Crippen LogP contribution >= 0.6 is 11.3 Å². The Kier molecular flexibility index (Phi) is 3.99. The highest BCUT2D eigenvalue weighted by atomic mass is 32.1. The van der Waals surface area contributed by atoms with Crippen LogP contribution in [-0.4, -0.2) is 13.0 Å². The Morgan fingerprint density at radius 2 is 2.17 bits per heavy atom. The van der Waals surface area contributed by atoms with E-state index in [1.807, 2.05) is 49.0 Å². The molecular weight excluding hydrogens is 244 g/mol. The van der Waals surface area contributed by atoms with E-state index in [-0.39, 0.29) is 5.91 Å². The number of carbonyl (C=O) groups excluding carboxylic acids is 1. The molecule has 2 N–H and O–H groups in total. The monoisotopic (exact) mass is 260 g/mol. The molecule has 0 aliphatic rings. The minimum absolute atomic E-state index is 0.0470. The molecule has 18 heavy (non-hydrogen) atoms. The average molecular weight is 260 g/mol. The van der Waals surface area contributed by atoms with Gasteiger partial charge in [-0.3, -0.25) is 4.79 Å². The largest absolute Gasteiger partial charge is 0.387 e. The van der Waals surface area contributed by atoms with Crippen LogP contribution in [0.25, 0.3) is 0 Å². The predicted octanol–water partition coefficient (Wildman–Crippen LogP) is 3.03. The van der Waals surface area contributed by atoms with Crippen LogP contribution in [0.5, 0.6) is 0 Å². The van der Waals surface area contributed by atoms with Crippen LogP contribution in [0, 0.1) is 6.92 Å². The van der Waals surface area contributed by atoms with Crippen molar-refractivity contribution in [2.24, 2.45) is 0 Å². The van der Waals surface area contributed by atoms with Crippen LogP contribution in [0.15, 0.2) is 35.0 Å². The molecule has 0 fully saturated rings. The number of anilines is 1. The predicted molar refractivity (Wildman–Crippen MR) is 76.2 cm³/mol. The Bertz CT molecular complexity index is 535. The minimum atomic E-state index is -0.0470. The topological polar surface area (TPSA) is 41.1 Å². The molecule has 94 valence electrons. The van der Waals surface area contributed by atoms with Gasteiger partial charge in [-0.15, -0.1) is 0 Å². The minimum Gasteiger partial charge on any atom is -0.387 e. The number of carbonyl (C=O) groups is 1. The maximum atomic E-state index is 12.1. The first-order valence-electron chi connectivity index (χ1n) is 5.78. The summed E-state index contributed by atoms with van der Waals surface area (Å²) in [5.74, 6) is -0.0470. The summed E-state index contributed by atoms with van der Waals surface area (Å²) in [6.45, 7) is 2.55. The fourth-order valence-electron chi connectivity index (χ4n) is 1.73. The van der Waals surface area contributed by atoms with Crippen molar-refractivity contribution in [2.45, 2.75) is 13.5 Å². The van der Waals surface area contributed by atoms with Gasteiger partial charge in [0.2, 0.25) is 0 Å². The molecule has 0 atom stereocenters. The first kappa shape index (κ1) is 12.6. The van der Waals surface area contributed by atoms with Gasteiger partial charge in [0.25, 0.3) is 5.91 Å². The summed E-state index contributed by atoms with van der Waals surface area (Å²) in [7, 11) is 1.82. The van der Waals surface area contributed by atoms with Crippen LogP contribution in [0.2, 0.25) is 0 Å². The van der Waals surface area contributed by atoms with Crippen molar-refractivity contribution < 1.29 is 4.79 Å². The lowest BCUT2D eigenvalue weighted by atomic mass is 10.1. The van der Waals surface area contributed by atoms with Gasteiger partial charge in [-0.2, -0.15) is 11.3 Å². The van der Waals surface area contributed by atoms with Gasteiger partial charge < -0.3 is 10.6 Å². The van der Waals surface area contributed by atoms with Crippen LogP contribution < -0.4 is 10.6 Å². The molecular formula is C14H16N2OS. The van der Waals surface area contributed by atoms with Gasteiger partial charge in [0.15, 0.2) is 0 Å². The van der Waals surface area contributed by atoms with Crippen molar-refractivity contribution >= 4 is 22.9 Å². The summed E-state index contributed by atoms with van der Waals surface area (Å²) in [5, 5.41) is 10.0. The van der Waals surface area contributed by atoms with Crippen molar-refractivity contribution in [3.05, 3.63) is 51.7 Å². The van der Waals surface area contributed by atoms with Crippen LogP contribution in [0.3, 0.4) is 0 Å². The molecule has 1 heterocycles. The second-order valence-corrected chi connectivity index (χ2v) is 4.89. The summed E-state index contributed by atoms with van der Waals surface area (Å²) >= 11 is 1.63. The maximum Gasteiger partial charge on any atom is 0.253 e. The highest BCUT2D eigenvalue weighted by Crippen LogP contribution is 2.17. The molecule has 0 bridgehead atoms. The normalized spacial score (nSPS) is 10.1. The Balaban J connectivity index is 2.10. The molecule has 1 amide bonds. The van der Waals surface area contributed by atoms with Gasteiger partial charge in [0.05, 0.1) is 5.56 Å². The number of aryl methyl sites for hydroxylation is 1. The lowest BCUT2D eigenvalue weighted by Gasteiger charge is -2.10. The van der Waals surface area contributed by atoms with E-state index in [1.54, 1.807) is 11.3 Å². The molecule has 0 saturated heterocycles. The number of benzene rings is 1.